The van der Waals surface area contributed by atoms with Gasteiger partial charge in [0.05, 0.1) is 30.2 Å². The highest BCUT2D eigenvalue weighted by atomic mass is 16.6. The van der Waals surface area contributed by atoms with Crippen LogP contribution in [0.15, 0.2) is 48.8 Å². The van der Waals surface area contributed by atoms with Gasteiger partial charge in [-0.25, -0.2) is 19.6 Å². The van der Waals surface area contributed by atoms with Crippen molar-refractivity contribution in [2.75, 3.05) is 0 Å². The van der Waals surface area contributed by atoms with Gasteiger partial charge in [0.25, 0.3) is 0 Å². The number of nitrogens with zero attached hydrogens (tertiary/aromatic N) is 4. The molecule has 2 aromatic heterocycles. The fraction of sp³-hybridized carbons (Fsp3) is 0.487. The summed E-state index contributed by atoms with van der Waals surface area (Å²) in [5.41, 5.74) is 2.36. The molecule has 2 N–H and O–H groups in total. The lowest BCUT2D eigenvalue weighted by molar-refractivity contribution is 0.0134. The Morgan fingerprint density at radius 1 is 0.776 bits per heavy atom. The van der Waals surface area contributed by atoms with E-state index in [0.29, 0.717) is 11.6 Å². The smallest absolute Gasteiger partial charge is 0.411 e. The van der Waals surface area contributed by atoms with Crippen LogP contribution in [0.1, 0.15) is 117 Å². The monoisotopic (exact) mass is 664 g/mol. The van der Waals surface area contributed by atoms with Crippen LogP contribution in [0.3, 0.4) is 0 Å². The minimum Gasteiger partial charge on any atom is -0.444 e. The molecule has 6 rings (SSSR count). The zero-order chi connectivity index (χ0) is 35.2. The van der Waals surface area contributed by atoms with E-state index in [9.17, 15) is 9.59 Å². The van der Waals surface area contributed by atoms with Gasteiger partial charge in [0.1, 0.15) is 28.5 Å². The van der Waals surface area contributed by atoms with Crippen LogP contribution in [0.25, 0.3) is 22.0 Å². The van der Waals surface area contributed by atoms with Gasteiger partial charge in [-0.2, -0.15) is 0 Å². The van der Waals surface area contributed by atoms with Gasteiger partial charge in [0.2, 0.25) is 0 Å². The summed E-state index contributed by atoms with van der Waals surface area (Å²) in [5, 5.41) is 2.16. The summed E-state index contributed by atoms with van der Waals surface area (Å²) >= 11 is 0. The lowest BCUT2D eigenvalue weighted by Gasteiger charge is -2.31. The lowest BCUT2D eigenvalue weighted by Crippen LogP contribution is -2.41. The van der Waals surface area contributed by atoms with Crippen molar-refractivity contribution in [3.63, 3.8) is 0 Å². The first-order chi connectivity index (χ1) is 23.1. The van der Waals surface area contributed by atoms with Crippen molar-refractivity contribution < 1.29 is 19.1 Å². The highest BCUT2D eigenvalue weighted by Crippen LogP contribution is 2.40. The lowest BCUT2D eigenvalue weighted by atomic mass is 10.0. The number of aromatic amines is 2. The summed E-state index contributed by atoms with van der Waals surface area (Å²) < 4.78 is 11.4. The molecule has 2 aromatic carbocycles. The maximum atomic E-state index is 13.1. The van der Waals surface area contributed by atoms with E-state index in [1.54, 1.807) is 6.20 Å². The van der Waals surface area contributed by atoms with E-state index >= 15 is 0 Å². The molecule has 0 aliphatic carbocycles. The number of imidazole rings is 2. The Morgan fingerprint density at radius 3 is 2.12 bits per heavy atom. The van der Waals surface area contributed by atoms with E-state index in [-0.39, 0.29) is 36.4 Å². The zero-order valence-corrected chi connectivity index (χ0v) is 30.0. The first-order valence-electron chi connectivity index (χ1n) is 17.2. The average Bonchev–Trinajstić information content (AvgIpc) is 3.81. The van der Waals surface area contributed by atoms with Crippen LogP contribution in [0.4, 0.5) is 9.59 Å². The van der Waals surface area contributed by atoms with E-state index in [0.717, 1.165) is 58.5 Å². The third-order valence-corrected chi connectivity index (χ3v) is 9.39. The Labute approximate surface area is 289 Å². The Morgan fingerprint density at radius 2 is 1.41 bits per heavy atom. The number of nitrogens with one attached hydrogen (secondary N) is 2. The molecule has 2 fully saturated rings. The largest absolute Gasteiger partial charge is 0.444 e. The number of carbonyl (C=O) groups is 2. The maximum Gasteiger partial charge on any atom is 0.411 e. The van der Waals surface area contributed by atoms with Crippen molar-refractivity contribution in [1.29, 1.82) is 0 Å². The molecule has 258 valence electrons. The fourth-order valence-electron chi connectivity index (χ4n) is 6.80. The third-order valence-electron chi connectivity index (χ3n) is 9.39. The average molecular weight is 665 g/mol. The quantitative estimate of drug-likeness (QED) is 0.212. The Kier molecular flexibility index (Phi) is 8.99. The number of carbonyl (C=O) groups excluding carboxylic acids is 2. The molecule has 4 aromatic rings. The highest BCUT2D eigenvalue weighted by molar-refractivity contribution is 5.88. The summed E-state index contributed by atoms with van der Waals surface area (Å²) in [4.78, 5) is 45.8. The molecule has 10 heteroatoms. The molecule has 0 spiro atoms. The minimum atomic E-state index is -0.571. The van der Waals surface area contributed by atoms with Crippen molar-refractivity contribution in [1.82, 2.24) is 29.7 Å². The second-order valence-corrected chi connectivity index (χ2v) is 15.6. The van der Waals surface area contributed by atoms with Crippen LogP contribution in [-0.2, 0) is 9.47 Å². The van der Waals surface area contributed by atoms with Gasteiger partial charge >= 0.3 is 12.2 Å². The summed E-state index contributed by atoms with van der Waals surface area (Å²) in [6, 6.07) is 12.2. The molecule has 0 saturated carbocycles. The number of likely N-dealkylation sites (tertiary alicyclic amines) is 2. The number of rotatable bonds is 3. The van der Waals surface area contributed by atoms with Crippen molar-refractivity contribution in [2.24, 2.45) is 5.92 Å². The summed E-state index contributed by atoms with van der Waals surface area (Å²) in [6.07, 6.45) is 5.48. The molecule has 2 amide bonds. The van der Waals surface area contributed by atoms with Crippen molar-refractivity contribution in [3.8, 4) is 23.1 Å². The molecule has 10 nitrogen and oxygen atoms in total. The molecule has 5 atom stereocenters. The molecule has 0 radical (unpaired) electrons. The first kappa shape index (κ1) is 34.1. The number of ether oxygens (including phenoxy) is 2. The fourth-order valence-corrected chi connectivity index (χ4v) is 6.80. The number of hydrogen-bond donors (Lipinski definition) is 2. The Bertz CT molecular complexity index is 1920. The highest BCUT2D eigenvalue weighted by Gasteiger charge is 2.43. The predicted octanol–water partition coefficient (Wildman–Crippen LogP) is 8.52. The van der Waals surface area contributed by atoms with Gasteiger partial charge in [-0.05, 0) is 115 Å². The number of amides is 2. The predicted molar refractivity (Wildman–Crippen MR) is 190 cm³/mol. The van der Waals surface area contributed by atoms with E-state index in [1.165, 1.54) is 0 Å². The zero-order valence-electron chi connectivity index (χ0n) is 30.0. The van der Waals surface area contributed by atoms with Gasteiger partial charge < -0.3 is 19.4 Å². The van der Waals surface area contributed by atoms with Crippen LogP contribution < -0.4 is 0 Å². The first-order valence-corrected chi connectivity index (χ1v) is 17.2. The topological polar surface area (TPSA) is 116 Å². The maximum absolute atomic E-state index is 13.1. The van der Waals surface area contributed by atoms with E-state index < -0.39 is 11.2 Å². The summed E-state index contributed by atoms with van der Waals surface area (Å²) in [5.74, 6) is 8.29. The van der Waals surface area contributed by atoms with Crippen LogP contribution in [0.5, 0.6) is 0 Å². The minimum absolute atomic E-state index is 0.0403. The van der Waals surface area contributed by atoms with Crippen LogP contribution >= 0.6 is 0 Å². The standard InChI is InChI=1S/C39H48N6O4/c1-23-18-33(45(25(23)3)37(47)49-39(7,8)9)35-40-21-30(42-35)16-12-26-11-13-28-20-29(15-14-27(28)19-26)31-22-41-34(43-31)32-17-10-24(2)44(32)36(46)48-38(4,5)6/h11,13-15,19-25,32-33H,10,17-18H2,1-9H3,(H,40,42)(H,41,43)/t23-,24+,25-,32+,33+/m1/s1. The summed E-state index contributed by atoms with van der Waals surface area (Å²) in [7, 11) is 0. The Balaban J connectivity index is 1.16. The van der Waals surface area contributed by atoms with E-state index in [2.05, 4.69) is 82.9 Å². The number of fused-ring (bicyclic) bond motifs is 1. The second kappa shape index (κ2) is 12.9. The van der Waals surface area contributed by atoms with Gasteiger partial charge in [-0.3, -0.25) is 9.80 Å². The molecule has 2 saturated heterocycles. The van der Waals surface area contributed by atoms with Gasteiger partial charge in [-0.15, -0.1) is 0 Å². The molecular formula is C39H48N6O4. The van der Waals surface area contributed by atoms with Gasteiger partial charge in [-0.1, -0.05) is 31.0 Å². The second-order valence-electron chi connectivity index (χ2n) is 15.6. The van der Waals surface area contributed by atoms with E-state index in [4.69, 9.17) is 9.47 Å². The summed E-state index contributed by atoms with van der Waals surface area (Å²) in [6.45, 7) is 17.6. The molecule has 0 unspecified atom stereocenters. The van der Waals surface area contributed by atoms with Gasteiger partial charge in [0.15, 0.2) is 0 Å². The molecule has 49 heavy (non-hydrogen) atoms. The number of aromatic nitrogens is 4. The van der Waals surface area contributed by atoms with Crippen molar-refractivity contribution in [2.45, 2.75) is 117 Å². The third kappa shape index (κ3) is 7.46. The molecule has 4 heterocycles. The van der Waals surface area contributed by atoms with Crippen LogP contribution in [0.2, 0.25) is 0 Å². The van der Waals surface area contributed by atoms with Crippen LogP contribution in [0, 0.1) is 17.8 Å². The van der Waals surface area contributed by atoms with Crippen molar-refractivity contribution >= 4 is 23.0 Å². The van der Waals surface area contributed by atoms with Crippen molar-refractivity contribution in [3.05, 3.63) is 71.7 Å². The Hall–Kier alpha value is -4.78. The number of H-pyrrole nitrogens is 2. The molecular weight excluding hydrogens is 616 g/mol. The molecule has 0 bridgehead atoms. The van der Waals surface area contributed by atoms with E-state index in [1.807, 2.05) is 63.6 Å². The molecule has 2 aliphatic heterocycles. The SMILES string of the molecule is C[C@@H]1C[C@@H](c2ncc(C#Cc3ccc4cc(-c5cnc([C@@H]6CC[C@H](C)N6C(=O)OC(C)(C)C)[nH]5)ccc4c3)[nH]2)N(C(=O)OC(C)(C)C)[C@@H]1C. The normalized spacial score (nSPS) is 22.7. The van der Waals surface area contributed by atoms with Gasteiger partial charge in [0, 0.05) is 23.2 Å². The number of hydrogen-bond acceptors (Lipinski definition) is 6. The van der Waals surface area contributed by atoms with Crippen LogP contribution in [-0.4, -0.2) is 65.2 Å². The molecule has 2 aliphatic rings. The number of benzene rings is 2.